The van der Waals surface area contributed by atoms with Crippen LogP contribution in [-0.4, -0.2) is 52.9 Å². The SMILES string of the molecule is CC1C=CC(=NC(O)C2CCCC(C(F)(F)F)=NC2c2ccc(F)cc2)CC1CC(C)C(O)C1C=CC=NC1. The van der Waals surface area contributed by atoms with Gasteiger partial charge in [0.1, 0.15) is 11.5 Å². The first-order valence-electron chi connectivity index (χ1n) is 13.7. The first kappa shape index (κ1) is 29.3. The summed E-state index contributed by atoms with van der Waals surface area (Å²) >= 11 is 0. The summed E-state index contributed by atoms with van der Waals surface area (Å²) in [7, 11) is 0. The minimum absolute atomic E-state index is 0.0184. The van der Waals surface area contributed by atoms with Gasteiger partial charge in [-0.25, -0.2) is 4.39 Å². The Bertz CT molecular complexity index is 1130. The molecule has 8 atom stereocenters. The normalized spacial score (nSPS) is 31.0. The molecule has 0 amide bonds. The highest BCUT2D eigenvalue weighted by molar-refractivity contribution is 5.96. The van der Waals surface area contributed by atoms with Crippen LogP contribution in [0.25, 0.3) is 0 Å². The monoisotopic (exact) mass is 547 g/mol. The van der Waals surface area contributed by atoms with Crippen molar-refractivity contribution in [3.63, 3.8) is 0 Å². The number of benzene rings is 1. The molecule has 212 valence electrons. The number of hydrogen-bond donors (Lipinski definition) is 2. The van der Waals surface area contributed by atoms with E-state index in [4.69, 9.17) is 0 Å². The average Bonchev–Trinajstić information content (AvgIpc) is 3.15. The van der Waals surface area contributed by atoms with Crippen LogP contribution in [0, 0.1) is 35.4 Å². The minimum Gasteiger partial charge on any atom is -0.392 e. The number of aliphatic hydroxyl groups is 2. The summed E-state index contributed by atoms with van der Waals surface area (Å²) in [6.07, 6.45) is 4.76. The van der Waals surface area contributed by atoms with Crippen LogP contribution in [0.15, 0.2) is 63.5 Å². The van der Waals surface area contributed by atoms with E-state index in [1.165, 1.54) is 24.3 Å². The zero-order valence-electron chi connectivity index (χ0n) is 22.3. The summed E-state index contributed by atoms with van der Waals surface area (Å²) < 4.78 is 54.4. The van der Waals surface area contributed by atoms with Crippen molar-refractivity contribution in [1.29, 1.82) is 0 Å². The zero-order chi connectivity index (χ0) is 28.2. The molecular formula is C30H37F4N3O2. The molecule has 39 heavy (non-hydrogen) atoms. The first-order valence-corrected chi connectivity index (χ1v) is 13.7. The Morgan fingerprint density at radius 2 is 1.87 bits per heavy atom. The highest BCUT2D eigenvalue weighted by Crippen LogP contribution is 2.39. The number of dihydropyridines is 1. The van der Waals surface area contributed by atoms with Gasteiger partial charge in [0.05, 0.1) is 12.1 Å². The number of hydrogen-bond acceptors (Lipinski definition) is 5. The van der Waals surface area contributed by atoms with Gasteiger partial charge in [-0.1, -0.05) is 38.1 Å². The second-order valence-corrected chi connectivity index (χ2v) is 11.1. The highest BCUT2D eigenvalue weighted by Gasteiger charge is 2.40. The summed E-state index contributed by atoms with van der Waals surface area (Å²) in [5.74, 6) is -0.733. The van der Waals surface area contributed by atoms with E-state index in [1.54, 1.807) is 6.21 Å². The molecule has 8 unspecified atom stereocenters. The average molecular weight is 548 g/mol. The summed E-state index contributed by atoms with van der Waals surface area (Å²) in [5, 5.41) is 22.1. The Morgan fingerprint density at radius 1 is 1.13 bits per heavy atom. The van der Waals surface area contributed by atoms with Gasteiger partial charge in [0.25, 0.3) is 0 Å². The molecule has 4 rings (SSSR count). The number of halogens is 4. The summed E-state index contributed by atoms with van der Waals surface area (Å²) in [4.78, 5) is 12.9. The third-order valence-corrected chi connectivity index (χ3v) is 8.24. The summed E-state index contributed by atoms with van der Waals surface area (Å²) in [6, 6.07) is 4.24. The number of allylic oxidation sites excluding steroid dienone is 3. The Hall–Kier alpha value is -2.65. The predicted octanol–water partition coefficient (Wildman–Crippen LogP) is 6.29. The van der Waals surface area contributed by atoms with Gasteiger partial charge in [-0.3, -0.25) is 15.0 Å². The Labute approximate surface area is 227 Å². The number of aliphatic imine (C=N–C) groups is 3. The largest absolute Gasteiger partial charge is 0.429 e. The molecule has 0 saturated carbocycles. The lowest BCUT2D eigenvalue weighted by Gasteiger charge is -2.33. The van der Waals surface area contributed by atoms with Gasteiger partial charge in [0.15, 0.2) is 6.23 Å². The Balaban J connectivity index is 1.52. The van der Waals surface area contributed by atoms with E-state index in [2.05, 4.69) is 21.9 Å². The fourth-order valence-electron chi connectivity index (χ4n) is 5.86. The maximum Gasteiger partial charge on any atom is 0.429 e. The Kier molecular flexibility index (Phi) is 9.54. The lowest BCUT2D eigenvalue weighted by atomic mass is 9.76. The van der Waals surface area contributed by atoms with Crippen LogP contribution in [0.5, 0.6) is 0 Å². The molecule has 2 N–H and O–H groups in total. The molecule has 2 aliphatic heterocycles. The molecule has 1 aromatic rings. The van der Waals surface area contributed by atoms with Crippen molar-refractivity contribution in [2.24, 2.45) is 44.6 Å². The minimum atomic E-state index is -4.57. The van der Waals surface area contributed by atoms with Crippen molar-refractivity contribution in [2.75, 3.05) is 6.54 Å². The van der Waals surface area contributed by atoms with Crippen LogP contribution in [0.1, 0.15) is 57.6 Å². The van der Waals surface area contributed by atoms with Crippen LogP contribution in [0.4, 0.5) is 17.6 Å². The van der Waals surface area contributed by atoms with E-state index >= 15 is 0 Å². The standard InChI is InChI=1S/C30H37F4N3O2/c1-18-8-13-24(16-22(18)15-19(2)28(38)21-5-4-14-35-17-21)36-29(39)25-6-3-7-26(30(32,33)34)37-27(25)20-9-11-23(31)12-10-20/h4-5,8-14,18-19,21-22,25,27-29,38-39H,3,6-7,15-17H2,1-2H3. The molecule has 3 aliphatic rings. The lowest BCUT2D eigenvalue weighted by Crippen LogP contribution is -2.32. The van der Waals surface area contributed by atoms with Crippen LogP contribution in [0.3, 0.4) is 0 Å². The molecular weight excluding hydrogens is 510 g/mol. The van der Waals surface area contributed by atoms with Crippen molar-refractivity contribution >= 4 is 17.6 Å². The number of rotatable bonds is 7. The summed E-state index contributed by atoms with van der Waals surface area (Å²) in [6.45, 7) is 4.71. The van der Waals surface area contributed by atoms with Gasteiger partial charge in [0.2, 0.25) is 0 Å². The molecule has 0 aromatic heterocycles. The second kappa shape index (κ2) is 12.7. The number of nitrogens with zero attached hydrogens (tertiary/aromatic N) is 3. The molecule has 0 bridgehead atoms. The van der Waals surface area contributed by atoms with Crippen LogP contribution in [-0.2, 0) is 0 Å². The van der Waals surface area contributed by atoms with E-state index in [1.807, 2.05) is 31.2 Å². The molecule has 5 nitrogen and oxygen atoms in total. The molecule has 0 fully saturated rings. The zero-order valence-corrected chi connectivity index (χ0v) is 22.3. The maximum absolute atomic E-state index is 13.6. The topological polar surface area (TPSA) is 77.5 Å². The third-order valence-electron chi connectivity index (χ3n) is 8.24. The van der Waals surface area contributed by atoms with E-state index in [9.17, 15) is 27.8 Å². The highest BCUT2D eigenvalue weighted by atomic mass is 19.4. The lowest BCUT2D eigenvalue weighted by molar-refractivity contribution is -0.0608. The second-order valence-electron chi connectivity index (χ2n) is 11.1. The van der Waals surface area contributed by atoms with Gasteiger partial charge in [-0.15, -0.1) is 0 Å². The quantitative estimate of drug-likeness (QED) is 0.394. The van der Waals surface area contributed by atoms with Gasteiger partial charge in [0, 0.05) is 30.3 Å². The molecule has 0 saturated heterocycles. The van der Waals surface area contributed by atoms with Gasteiger partial charge in [-0.05, 0) is 79.7 Å². The molecule has 2 heterocycles. The fraction of sp³-hybridized carbons (Fsp3) is 0.567. The molecule has 0 radical (unpaired) electrons. The maximum atomic E-state index is 13.6. The number of alkyl halides is 3. The Morgan fingerprint density at radius 3 is 2.54 bits per heavy atom. The van der Waals surface area contributed by atoms with E-state index in [0.29, 0.717) is 30.7 Å². The van der Waals surface area contributed by atoms with Gasteiger partial charge < -0.3 is 10.2 Å². The fourth-order valence-corrected chi connectivity index (χ4v) is 5.86. The number of aliphatic hydroxyl groups excluding tert-OH is 2. The van der Waals surface area contributed by atoms with Gasteiger partial charge >= 0.3 is 6.18 Å². The molecule has 9 heteroatoms. The molecule has 0 spiro atoms. The van der Waals surface area contributed by atoms with E-state index in [0.717, 1.165) is 6.42 Å². The van der Waals surface area contributed by atoms with Crippen molar-refractivity contribution in [3.05, 3.63) is 60.0 Å². The predicted molar refractivity (Wildman–Crippen MR) is 146 cm³/mol. The van der Waals surface area contributed by atoms with Gasteiger partial charge in [-0.2, -0.15) is 13.2 Å². The molecule has 1 aromatic carbocycles. The van der Waals surface area contributed by atoms with Crippen LogP contribution in [0.2, 0.25) is 0 Å². The van der Waals surface area contributed by atoms with Crippen LogP contribution >= 0.6 is 0 Å². The van der Waals surface area contributed by atoms with Crippen molar-refractivity contribution in [2.45, 2.75) is 70.5 Å². The first-order chi connectivity index (χ1) is 18.5. The third kappa shape index (κ3) is 7.51. The summed E-state index contributed by atoms with van der Waals surface area (Å²) in [5.41, 5.74) is 0.229. The molecule has 1 aliphatic carbocycles. The van der Waals surface area contributed by atoms with Crippen molar-refractivity contribution in [3.8, 4) is 0 Å². The van der Waals surface area contributed by atoms with Crippen LogP contribution < -0.4 is 0 Å². The van der Waals surface area contributed by atoms with E-state index in [-0.39, 0.29) is 36.5 Å². The van der Waals surface area contributed by atoms with Crippen molar-refractivity contribution < 1.29 is 27.8 Å². The van der Waals surface area contributed by atoms with Crippen molar-refractivity contribution in [1.82, 2.24) is 0 Å². The van der Waals surface area contributed by atoms with E-state index < -0.39 is 42.0 Å². The smallest absolute Gasteiger partial charge is 0.392 e.